The molecule has 49 heavy (non-hydrogen) atoms. The summed E-state index contributed by atoms with van der Waals surface area (Å²) in [6, 6.07) is 26.6. The molecule has 0 aromatic heterocycles. The highest BCUT2D eigenvalue weighted by Crippen LogP contribution is 2.31. The first-order chi connectivity index (χ1) is 23.5. The first-order valence-electron chi connectivity index (χ1n) is 16.4. The molecular weight excluding hydrogens is 681 g/mol. The number of hydrogen-bond donors (Lipinski definition) is 1. The molecule has 1 aliphatic rings. The topological polar surface area (TPSA) is 96.0 Å². The average Bonchev–Trinajstić information content (AvgIpc) is 3.09. The van der Waals surface area contributed by atoms with Gasteiger partial charge in [0, 0.05) is 29.1 Å². The molecule has 0 spiro atoms. The van der Waals surface area contributed by atoms with Crippen molar-refractivity contribution >= 4 is 50.7 Å². The van der Waals surface area contributed by atoms with Gasteiger partial charge in [-0.25, -0.2) is 8.42 Å². The van der Waals surface area contributed by atoms with Gasteiger partial charge in [-0.05, 0) is 73.4 Å². The van der Waals surface area contributed by atoms with Crippen LogP contribution in [0.15, 0.2) is 102 Å². The minimum absolute atomic E-state index is 0.000288. The number of methoxy groups -OCH3 is 1. The number of amides is 2. The Morgan fingerprint density at radius 3 is 2.16 bits per heavy atom. The van der Waals surface area contributed by atoms with Gasteiger partial charge in [-0.1, -0.05) is 103 Å². The zero-order chi connectivity index (χ0) is 35.0. The third kappa shape index (κ3) is 9.56. The van der Waals surface area contributed by atoms with Crippen LogP contribution in [0.1, 0.15) is 48.8 Å². The fourth-order valence-corrected chi connectivity index (χ4v) is 8.03. The summed E-state index contributed by atoms with van der Waals surface area (Å²) < 4.78 is 35.1. The van der Waals surface area contributed by atoms with E-state index >= 15 is 0 Å². The molecule has 1 atom stereocenters. The van der Waals surface area contributed by atoms with Gasteiger partial charge >= 0.3 is 0 Å². The lowest BCUT2D eigenvalue weighted by molar-refractivity contribution is -0.140. The molecule has 4 aromatic rings. The van der Waals surface area contributed by atoms with Crippen LogP contribution in [0, 0.1) is 6.92 Å². The minimum atomic E-state index is -4.30. The van der Waals surface area contributed by atoms with Crippen molar-refractivity contribution in [2.24, 2.45) is 0 Å². The third-order valence-electron chi connectivity index (χ3n) is 8.73. The highest BCUT2D eigenvalue weighted by atomic mass is 35.5. The molecule has 0 aliphatic heterocycles. The number of rotatable bonds is 13. The fourth-order valence-electron chi connectivity index (χ4n) is 6.12. The fraction of sp³-hybridized carbons (Fsp3) is 0.316. The van der Waals surface area contributed by atoms with Crippen molar-refractivity contribution in [3.63, 3.8) is 0 Å². The molecule has 0 bridgehead atoms. The van der Waals surface area contributed by atoms with Gasteiger partial charge in [-0.2, -0.15) is 0 Å². The van der Waals surface area contributed by atoms with E-state index in [1.165, 1.54) is 35.2 Å². The van der Waals surface area contributed by atoms with Crippen LogP contribution in [0.4, 0.5) is 5.69 Å². The number of hydrogen-bond acceptors (Lipinski definition) is 5. The lowest BCUT2D eigenvalue weighted by atomic mass is 9.94. The van der Waals surface area contributed by atoms with Crippen molar-refractivity contribution in [2.45, 2.75) is 69.0 Å². The van der Waals surface area contributed by atoms with E-state index in [1.807, 2.05) is 49.4 Å². The molecule has 8 nitrogen and oxygen atoms in total. The summed E-state index contributed by atoms with van der Waals surface area (Å²) in [6.45, 7) is 1.27. The first kappa shape index (κ1) is 36.2. The summed E-state index contributed by atoms with van der Waals surface area (Å²) in [5.41, 5.74) is 2.58. The van der Waals surface area contributed by atoms with Gasteiger partial charge in [0.25, 0.3) is 10.0 Å². The summed E-state index contributed by atoms with van der Waals surface area (Å²) in [4.78, 5) is 30.5. The van der Waals surface area contributed by atoms with Gasteiger partial charge in [-0.3, -0.25) is 13.9 Å². The number of carbonyl (C=O) groups excluding carboxylic acids is 2. The molecule has 11 heteroatoms. The standard InChI is InChI=1S/C38H41Cl2N3O5S/c1-27-16-18-35(19-17-27)49(46,47)43(33-23-30(39)22-31(40)24-33)26-37(44)42(25-29-12-9-15-34(20-29)48-2)36(21-28-10-5-3-6-11-28)38(45)41-32-13-7-4-8-14-32/h3,5-6,9-12,15-20,22-24,32,36H,4,7-8,13-14,21,25-26H2,1-2H3,(H,41,45)/t36-/m0/s1. The van der Waals surface area contributed by atoms with E-state index in [0.29, 0.717) is 5.75 Å². The zero-order valence-electron chi connectivity index (χ0n) is 27.6. The van der Waals surface area contributed by atoms with Crippen LogP contribution in [0.3, 0.4) is 0 Å². The van der Waals surface area contributed by atoms with Crippen molar-refractivity contribution in [3.05, 3.63) is 124 Å². The maximum absolute atomic E-state index is 14.8. The van der Waals surface area contributed by atoms with Crippen molar-refractivity contribution in [1.82, 2.24) is 10.2 Å². The Kier molecular flexibility index (Phi) is 12.3. The summed E-state index contributed by atoms with van der Waals surface area (Å²) in [7, 11) is -2.74. The highest BCUT2D eigenvalue weighted by Gasteiger charge is 2.35. The first-order valence-corrected chi connectivity index (χ1v) is 18.6. The number of benzene rings is 4. The predicted octanol–water partition coefficient (Wildman–Crippen LogP) is 7.59. The van der Waals surface area contributed by atoms with Crippen LogP contribution in [0.5, 0.6) is 5.75 Å². The van der Waals surface area contributed by atoms with Crippen LogP contribution in [-0.2, 0) is 32.6 Å². The van der Waals surface area contributed by atoms with Crippen molar-refractivity contribution in [3.8, 4) is 5.75 Å². The largest absolute Gasteiger partial charge is 0.497 e. The van der Waals surface area contributed by atoms with E-state index < -0.39 is 28.5 Å². The second-order valence-corrected chi connectivity index (χ2v) is 15.1. The molecule has 1 N–H and O–H groups in total. The number of nitrogens with one attached hydrogen (secondary N) is 1. The average molecular weight is 723 g/mol. The van der Waals surface area contributed by atoms with E-state index in [9.17, 15) is 18.0 Å². The number of halogens is 2. The molecule has 0 saturated heterocycles. The Balaban J connectivity index is 1.59. The number of nitrogens with zero attached hydrogens (tertiary/aromatic N) is 2. The summed E-state index contributed by atoms with van der Waals surface area (Å²) >= 11 is 12.7. The van der Waals surface area contributed by atoms with E-state index in [-0.39, 0.29) is 45.5 Å². The second-order valence-electron chi connectivity index (χ2n) is 12.4. The van der Waals surface area contributed by atoms with Gasteiger partial charge in [0.05, 0.1) is 17.7 Å². The van der Waals surface area contributed by atoms with E-state index in [0.717, 1.165) is 53.1 Å². The molecule has 1 fully saturated rings. The summed E-state index contributed by atoms with van der Waals surface area (Å²) in [5.74, 6) is -0.270. The number of carbonyl (C=O) groups is 2. The van der Waals surface area contributed by atoms with Crippen molar-refractivity contribution in [1.29, 1.82) is 0 Å². The third-order valence-corrected chi connectivity index (χ3v) is 11.0. The lowest BCUT2D eigenvalue weighted by Gasteiger charge is -2.35. The quantitative estimate of drug-likeness (QED) is 0.154. The molecule has 1 aliphatic carbocycles. The number of sulfonamides is 1. The molecule has 2 amide bonds. The molecule has 4 aromatic carbocycles. The Bertz CT molecular complexity index is 1830. The molecular formula is C38H41Cl2N3O5S. The Hall–Kier alpha value is -4.05. The molecule has 5 rings (SSSR count). The van der Waals surface area contributed by atoms with Crippen LogP contribution in [-0.4, -0.2) is 50.9 Å². The van der Waals surface area contributed by atoms with Gasteiger partial charge in [0.1, 0.15) is 18.3 Å². The summed E-state index contributed by atoms with van der Waals surface area (Å²) in [6.07, 6.45) is 5.13. The minimum Gasteiger partial charge on any atom is -0.497 e. The van der Waals surface area contributed by atoms with Gasteiger partial charge in [-0.15, -0.1) is 0 Å². The Labute approximate surface area is 299 Å². The Morgan fingerprint density at radius 2 is 1.51 bits per heavy atom. The highest BCUT2D eigenvalue weighted by molar-refractivity contribution is 7.92. The maximum Gasteiger partial charge on any atom is 0.264 e. The van der Waals surface area contributed by atoms with Crippen LogP contribution in [0.25, 0.3) is 0 Å². The maximum atomic E-state index is 14.8. The number of anilines is 1. The molecule has 0 heterocycles. The van der Waals surface area contributed by atoms with E-state index in [4.69, 9.17) is 27.9 Å². The normalized spacial score (nSPS) is 14.1. The molecule has 0 radical (unpaired) electrons. The Morgan fingerprint density at radius 1 is 0.857 bits per heavy atom. The van der Waals surface area contributed by atoms with E-state index in [1.54, 1.807) is 31.4 Å². The van der Waals surface area contributed by atoms with Gasteiger partial charge < -0.3 is 15.0 Å². The SMILES string of the molecule is COc1cccc(CN(C(=O)CN(c2cc(Cl)cc(Cl)c2)S(=O)(=O)c2ccc(C)cc2)[C@@H](Cc2ccccc2)C(=O)NC2CCCCC2)c1. The molecule has 1 saturated carbocycles. The van der Waals surface area contributed by atoms with Crippen molar-refractivity contribution < 1.29 is 22.7 Å². The smallest absolute Gasteiger partial charge is 0.264 e. The van der Waals surface area contributed by atoms with Crippen LogP contribution >= 0.6 is 23.2 Å². The number of ether oxygens (including phenoxy) is 1. The van der Waals surface area contributed by atoms with Crippen molar-refractivity contribution in [2.75, 3.05) is 18.0 Å². The monoisotopic (exact) mass is 721 g/mol. The predicted molar refractivity (Wildman–Crippen MR) is 195 cm³/mol. The molecule has 0 unspecified atom stereocenters. The summed E-state index contributed by atoms with van der Waals surface area (Å²) in [5, 5.41) is 3.64. The van der Waals surface area contributed by atoms with Crippen LogP contribution in [0.2, 0.25) is 10.0 Å². The zero-order valence-corrected chi connectivity index (χ0v) is 30.0. The number of aryl methyl sites for hydroxylation is 1. The van der Waals surface area contributed by atoms with E-state index in [2.05, 4.69) is 5.32 Å². The molecule has 258 valence electrons. The second kappa shape index (κ2) is 16.6. The lowest BCUT2D eigenvalue weighted by Crippen LogP contribution is -2.55. The van der Waals surface area contributed by atoms with Crippen LogP contribution < -0.4 is 14.4 Å². The van der Waals surface area contributed by atoms with Gasteiger partial charge in [0.15, 0.2) is 0 Å². The van der Waals surface area contributed by atoms with Gasteiger partial charge in [0.2, 0.25) is 11.8 Å².